The molecule has 0 spiro atoms. The van der Waals surface area contributed by atoms with Crippen LogP contribution in [0.25, 0.3) is 10.4 Å². The third kappa shape index (κ3) is 6.34. The summed E-state index contributed by atoms with van der Waals surface area (Å²) in [5, 5.41) is 3.39. The fourth-order valence-corrected chi connectivity index (χ4v) is 8.47. The Morgan fingerprint density at radius 3 is 2.35 bits per heavy atom. The van der Waals surface area contributed by atoms with E-state index in [4.69, 9.17) is 9.72 Å². The van der Waals surface area contributed by atoms with E-state index in [1.165, 1.54) is 73.7 Å². The van der Waals surface area contributed by atoms with Crippen LogP contribution in [-0.2, 0) is 31.8 Å². The Kier molecular flexibility index (Phi) is 8.28. The Labute approximate surface area is 244 Å². The van der Waals surface area contributed by atoms with Crippen LogP contribution in [-0.4, -0.2) is 50.1 Å². The Morgan fingerprint density at radius 2 is 1.75 bits per heavy atom. The molecule has 1 N–H and O–H groups in total. The molecule has 0 unspecified atom stereocenters. The Bertz CT molecular complexity index is 1320. The quantitative estimate of drug-likeness (QED) is 0.376. The van der Waals surface area contributed by atoms with E-state index in [1.54, 1.807) is 0 Å². The third-order valence-electron chi connectivity index (χ3n) is 9.62. The van der Waals surface area contributed by atoms with E-state index in [2.05, 4.69) is 51.2 Å². The van der Waals surface area contributed by atoms with Gasteiger partial charge >= 0.3 is 0 Å². The van der Waals surface area contributed by atoms with Crippen molar-refractivity contribution in [2.75, 3.05) is 26.0 Å². The molecular weight excluding hydrogens is 540 g/mol. The van der Waals surface area contributed by atoms with Crippen LogP contribution in [0.5, 0.6) is 0 Å². The number of benzene rings is 1. The maximum absolute atomic E-state index is 13.5. The van der Waals surface area contributed by atoms with Gasteiger partial charge in [0.2, 0.25) is 0 Å². The predicted molar refractivity (Wildman–Crippen MR) is 163 cm³/mol. The van der Waals surface area contributed by atoms with Gasteiger partial charge in [-0.15, -0.1) is 11.3 Å². The second-order valence-corrected chi connectivity index (χ2v) is 17.3. The third-order valence-corrected chi connectivity index (χ3v) is 12.9. The van der Waals surface area contributed by atoms with E-state index in [0.29, 0.717) is 37.0 Å². The van der Waals surface area contributed by atoms with E-state index in [0.717, 1.165) is 22.6 Å². The number of hydrogen-bond acceptors (Lipinski definition) is 6. The number of carbonyl (C=O) groups excluding carboxylic acids is 1. The fourth-order valence-electron chi connectivity index (χ4n) is 6.23. The van der Waals surface area contributed by atoms with Gasteiger partial charge in [-0.3, -0.25) is 4.79 Å². The van der Waals surface area contributed by atoms with Gasteiger partial charge in [-0.1, -0.05) is 65.9 Å². The SMILES string of the molecule is CC(C)(C)c1cc(-c2sc(C(=O)NCC3(S(C)(=O)=O)CCOCC3)nc2CC2CCCCC2)cc(C2(C)CC2)c1. The normalized spacial score (nSPS) is 21.2. The molecule has 0 atom stereocenters. The second-order valence-electron chi connectivity index (χ2n) is 13.9. The first-order valence-corrected chi connectivity index (χ1v) is 17.7. The summed E-state index contributed by atoms with van der Waals surface area (Å²) in [6, 6.07) is 7.02. The number of aromatic nitrogens is 1. The second kappa shape index (κ2) is 11.1. The molecule has 40 heavy (non-hydrogen) atoms. The van der Waals surface area contributed by atoms with Crippen LogP contribution in [0.15, 0.2) is 18.2 Å². The zero-order valence-corrected chi connectivity index (χ0v) is 26.5. The van der Waals surface area contributed by atoms with E-state index < -0.39 is 14.6 Å². The zero-order chi connectivity index (χ0) is 28.8. The molecule has 1 aliphatic heterocycles. The van der Waals surface area contributed by atoms with Gasteiger partial charge in [0.05, 0.1) is 15.3 Å². The van der Waals surface area contributed by atoms with Crippen molar-refractivity contribution in [1.29, 1.82) is 0 Å². The number of carbonyl (C=O) groups is 1. The molecule has 1 aromatic carbocycles. The average Bonchev–Trinajstić information content (AvgIpc) is 3.53. The first kappa shape index (κ1) is 29.7. The summed E-state index contributed by atoms with van der Waals surface area (Å²) in [5.74, 6) is 0.310. The predicted octanol–water partition coefficient (Wildman–Crippen LogP) is 6.61. The minimum atomic E-state index is -3.37. The van der Waals surface area contributed by atoms with Crippen molar-refractivity contribution in [3.8, 4) is 10.4 Å². The van der Waals surface area contributed by atoms with Gasteiger partial charge in [-0.05, 0) is 77.7 Å². The lowest BCUT2D eigenvalue weighted by molar-refractivity contribution is 0.0718. The van der Waals surface area contributed by atoms with Crippen LogP contribution in [0.3, 0.4) is 0 Å². The number of hydrogen-bond donors (Lipinski definition) is 1. The van der Waals surface area contributed by atoms with Gasteiger partial charge in [-0.25, -0.2) is 13.4 Å². The van der Waals surface area contributed by atoms with Crippen molar-refractivity contribution in [2.24, 2.45) is 5.92 Å². The number of sulfone groups is 1. The minimum Gasteiger partial charge on any atom is -0.381 e. The first-order valence-electron chi connectivity index (χ1n) is 15.0. The maximum Gasteiger partial charge on any atom is 0.280 e. The molecule has 2 saturated carbocycles. The monoisotopic (exact) mass is 586 g/mol. The smallest absolute Gasteiger partial charge is 0.280 e. The summed E-state index contributed by atoms with van der Waals surface area (Å²) in [6.45, 7) is 9.99. The number of nitrogens with one attached hydrogen (secondary N) is 1. The highest BCUT2D eigenvalue weighted by Gasteiger charge is 2.43. The van der Waals surface area contributed by atoms with Crippen molar-refractivity contribution in [1.82, 2.24) is 10.3 Å². The van der Waals surface area contributed by atoms with Crippen molar-refractivity contribution in [3.05, 3.63) is 40.0 Å². The average molecular weight is 587 g/mol. The van der Waals surface area contributed by atoms with E-state index in [9.17, 15) is 13.2 Å². The van der Waals surface area contributed by atoms with Crippen molar-refractivity contribution in [3.63, 3.8) is 0 Å². The molecule has 2 aromatic rings. The van der Waals surface area contributed by atoms with Crippen LogP contribution in [0.4, 0.5) is 0 Å². The maximum atomic E-state index is 13.5. The molecule has 8 heteroatoms. The molecule has 0 radical (unpaired) electrons. The zero-order valence-electron chi connectivity index (χ0n) is 24.9. The number of thiazole rings is 1. The van der Waals surface area contributed by atoms with Crippen molar-refractivity contribution < 1.29 is 17.9 Å². The summed E-state index contributed by atoms with van der Waals surface area (Å²) in [6.07, 6.45) is 11.6. The topological polar surface area (TPSA) is 85.4 Å². The highest BCUT2D eigenvalue weighted by Crippen LogP contribution is 2.50. The van der Waals surface area contributed by atoms with Gasteiger partial charge in [-0.2, -0.15) is 0 Å². The lowest BCUT2D eigenvalue weighted by Crippen LogP contribution is -2.51. The van der Waals surface area contributed by atoms with E-state index in [1.807, 2.05) is 0 Å². The summed E-state index contributed by atoms with van der Waals surface area (Å²) >= 11 is 1.46. The lowest BCUT2D eigenvalue weighted by Gasteiger charge is -2.35. The number of rotatable bonds is 8. The summed E-state index contributed by atoms with van der Waals surface area (Å²) in [7, 11) is -3.37. The van der Waals surface area contributed by atoms with Crippen LogP contribution < -0.4 is 5.32 Å². The van der Waals surface area contributed by atoms with Crippen LogP contribution in [0, 0.1) is 5.92 Å². The van der Waals surface area contributed by atoms with Crippen molar-refractivity contribution >= 4 is 27.1 Å². The van der Waals surface area contributed by atoms with Gasteiger partial charge < -0.3 is 10.1 Å². The highest BCUT2D eigenvalue weighted by atomic mass is 32.2. The molecule has 3 aliphatic rings. The van der Waals surface area contributed by atoms with Crippen LogP contribution >= 0.6 is 11.3 Å². The van der Waals surface area contributed by atoms with E-state index in [-0.39, 0.29) is 23.3 Å². The van der Waals surface area contributed by atoms with Gasteiger partial charge in [0.25, 0.3) is 5.91 Å². The Hall–Kier alpha value is -1.77. The molecule has 5 rings (SSSR count). The molecule has 3 fully saturated rings. The number of ether oxygens (including phenoxy) is 1. The summed E-state index contributed by atoms with van der Waals surface area (Å²) < 4.78 is 29.9. The molecule has 1 amide bonds. The molecule has 2 heterocycles. The number of nitrogens with zero attached hydrogens (tertiary/aromatic N) is 1. The molecular formula is C32H46N2O4S2. The molecule has 2 aliphatic carbocycles. The van der Waals surface area contributed by atoms with Crippen LogP contribution in [0.2, 0.25) is 0 Å². The molecule has 1 aromatic heterocycles. The molecule has 0 bridgehead atoms. The van der Waals surface area contributed by atoms with Gasteiger partial charge in [0, 0.05) is 26.0 Å². The highest BCUT2D eigenvalue weighted by molar-refractivity contribution is 7.92. The lowest BCUT2D eigenvalue weighted by atomic mass is 9.82. The molecule has 220 valence electrons. The molecule has 6 nitrogen and oxygen atoms in total. The van der Waals surface area contributed by atoms with Gasteiger partial charge in [0.15, 0.2) is 14.8 Å². The summed E-state index contributed by atoms with van der Waals surface area (Å²) in [5.41, 5.74) is 5.11. The van der Waals surface area contributed by atoms with Crippen LogP contribution in [0.1, 0.15) is 112 Å². The Morgan fingerprint density at radius 1 is 1.07 bits per heavy atom. The number of amides is 1. The largest absolute Gasteiger partial charge is 0.381 e. The fraction of sp³-hybridized carbons (Fsp3) is 0.688. The minimum absolute atomic E-state index is 0.00804. The standard InChI is InChI=1S/C32H46N2O4S2/c1-30(2,3)24-18-23(19-25(20-24)31(4)11-12-31)27-26(17-22-9-7-6-8-10-22)34-29(39-27)28(35)33-21-32(40(5,36)37)13-15-38-16-14-32/h18-20,22H,6-17,21H2,1-5H3,(H,33,35). The van der Waals surface area contributed by atoms with Gasteiger partial charge in [0.1, 0.15) is 0 Å². The van der Waals surface area contributed by atoms with E-state index >= 15 is 0 Å². The Balaban J connectivity index is 1.49. The van der Waals surface area contributed by atoms with Crippen molar-refractivity contribution in [2.45, 2.75) is 107 Å². The first-order chi connectivity index (χ1) is 18.8. The summed E-state index contributed by atoms with van der Waals surface area (Å²) in [4.78, 5) is 19.6. The molecule has 1 saturated heterocycles.